The number of thiophene rings is 2. The summed E-state index contributed by atoms with van der Waals surface area (Å²) in [5.41, 5.74) is -0.197. The SMILES string of the molecule is CC(C)(CCOCC(O)CO)OC(=O)c1cc(-c2ccc(C(C)(C)C)s2)sc1C(C)(C)C. The molecule has 1 unspecified atom stereocenters. The highest BCUT2D eigenvalue weighted by Crippen LogP contribution is 2.43. The number of aliphatic hydroxyl groups excluding tert-OH is 2. The first-order valence-corrected chi connectivity index (χ1v) is 12.6. The maximum absolute atomic E-state index is 13.2. The first-order valence-electron chi connectivity index (χ1n) is 11.0. The van der Waals surface area contributed by atoms with Crippen LogP contribution in [0.15, 0.2) is 18.2 Å². The van der Waals surface area contributed by atoms with E-state index in [1.165, 1.54) is 9.75 Å². The van der Waals surface area contributed by atoms with Crippen molar-refractivity contribution in [3.63, 3.8) is 0 Å². The van der Waals surface area contributed by atoms with Crippen LogP contribution in [0, 0.1) is 0 Å². The molecule has 0 saturated carbocycles. The van der Waals surface area contributed by atoms with Gasteiger partial charge in [0.2, 0.25) is 0 Å². The molecule has 180 valence electrons. The van der Waals surface area contributed by atoms with Gasteiger partial charge in [-0.25, -0.2) is 4.79 Å². The molecule has 7 heteroatoms. The van der Waals surface area contributed by atoms with Crippen LogP contribution in [0.1, 0.15) is 81.9 Å². The van der Waals surface area contributed by atoms with Crippen LogP contribution in [0.4, 0.5) is 0 Å². The van der Waals surface area contributed by atoms with E-state index >= 15 is 0 Å². The molecule has 0 aliphatic heterocycles. The van der Waals surface area contributed by atoms with Gasteiger partial charge < -0.3 is 19.7 Å². The van der Waals surface area contributed by atoms with E-state index in [4.69, 9.17) is 14.6 Å². The van der Waals surface area contributed by atoms with E-state index in [0.29, 0.717) is 18.6 Å². The number of hydrogen-bond acceptors (Lipinski definition) is 7. The molecule has 0 saturated heterocycles. The van der Waals surface area contributed by atoms with Crippen molar-refractivity contribution in [3.05, 3.63) is 33.5 Å². The Kier molecular flexibility index (Phi) is 8.73. The van der Waals surface area contributed by atoms with Crippen LogP contribution < -0.4 is 0 Å². The summed E-state index contributed by atoms with van der Waals surface area (Å²) in [6.07, 6.45) is -0.409. The van der Waals surface area contributed by atoms with Gasteiger partial charge in [-0.1, -0.05) is 41.5 Å². The largest absolute Gasteiger partial charge is 0.456 e. The van der Waals surface area contributed by atoms with E-state index < -0.39 is 11.7 Å². The number of carbonyl (C=O) groups is 1. The third kappa shape index (κ3) is 7.39. The van der Waals surface area contributed by atoms with Crippen LogP contribution in [0.25, 0.3) is 9.75 Å². The lowest BCUT2D eigenvalue weighted by molar-refractivity contribution is -0.0331. The minimum atomic E-state index is -0.893. The lowest BCUT2D eigenvalue weighted by atomic mass is 9.91. The molecule has 32 heavy (non-hydrogen) atoms. The number of hydrogen-bond donors (Lipinski definition) is 2. The van der Waals surface area contributed by atoms with E-state index in [1.807, 2.05) is 19.9 Å². The summed E-state index contributed by atoms with van der Waals surface area (Å²) in [5.74, 6) is -0.328. The number of rotatable bonds is 9. The molecule has 0 spiro atoms. The third-order valence-corrected chi connectivity index (χ3v) is 8.23. The average molecular weight is 483 g/mol. The van der Waals surface area contributed by atoms with Gasteiger partial charge in [-0.15, -0.1) is 22.7 Å². The van der Waals surface area contributed by atoms with Gasteiger partial charge in [-0.2, -0.15) is 0 Å². The summed E-state index contributed by atoms with van der Waals surface area (Å²) in [5, 5.41) is 18.2. The maximum Gasteiger partial charge on any atom is 0.339 e. The Hall–Kier alpha value is -1.25. The molecule has 2 aromatic heterocycles. The smallest absolute Gasteiger partial charge is 0.339 e. The summed E-state index contributed by atoms with van der Waals surface area (Å²) in [6.45, 7) is 16.7. The molecule has 0 aliphatic rings. The zero-order valence-electron chi connectivity index (χ0n) is 20.6. The molecular formula is C25H38O5S2. The normalized spacial score (nSPS) is 13.9. The fourth-order valence-electron chi connectivity index (χ4n) is 3.04. The lowest BCUT2D eigenvalue weighted by Gasteiger charge is -2.26. The Morgan fingerprint density at radius 1 is 1.00 bits per heavy atom. The Morgan fingerprint density at radius 3 is 2.19 bits per heavy atom. The maximum atomic E-state index is 13.2. The predicted molar refractivity (Wildman–Crippen MR) is 133 cm³/mol. The standard InChI is InChI=1S/C25H38O5S2/c1-23(2,3)20-10-9-18(31-20)19-13-17(21(32-19)24(4,5)6)22(28)30-25(7,8)11-12-29-15-16(27)14-26/h9-10,13,16,26-27H,11-12,14-15H2,1-8H3. The van der Waals surface area contributed by atoms with E-state index in [2.05, 4.69) is 53.7 Å². The second kappa shape index (κ2) is 10.3. The molecule has 2 rings (SSSR count). The molecule has 2 N–H and O–H groups in total. The van der Waals surface area contributed by atoms with Gasteiger partial charge in [0.15, 0.2) is 0 Å². The molecule has 0 amide bonds. The summed E-state index contributed by atoms with van der Waals surface area (Å²) in [6, 6.07) is 6.28. The quantitative estimate of drug-likeness (QED) is 0.351. The molecule has 2 aromatic rings. The van der Waals surface area contributed by atoms with Crippen LogP contribution >= 0.6 is 22.7 Å². The second-order valence-electron chi connectivity index (χ2n) is 10.8. The van der Waals surface area contributed by atoms with Crippen molar-refractivity contribution in [3.8, 4) is 9.75 Å². The van der Waals surface area contributed by atoms with Crippen LogP contribution in [0.5, 0.6) is 0 Å². The summed E-state index contributed by atoms with van der Waals surface area (Å²) in [7, 11) is 0. The molecule has 5 nitrogen and oxygen atoms in total. The first kappa shape index (κ1) is 27.0. The Labute approximate surface area is 200 Å². The number of ether oxygens (including phenoxy) is 2. The van der Waals surface area contributed by atoms with Gasteiger partial charge in [-0.05, 0) is 42.9 Å². The van der Waals surface area contributed by atoms with Crippen molar-refractivity contribution in [2.45, 2.75) is 84.3 Å². The first-order chi connectivity index (χ1) is 14.6. The number of esters is 1. The van der Waals surface area contributed by atoms with Crippen molar-refractivity contribution >= 4 is 28.6 Å². The van der Waals surface area contributed by atoms with E-state index in [0.717, 1.165) is 9.75 Å². The monoisotopic (exact) mass is 482 g/mol. The molecule has 0 fully saturated rings. The van der Waals surface area contributed by atoms with Gasteiger partial charge in [-0.3, -0.25) is 0 Å². The van der Waals surface area contributed by atoms with Gasteiger partial charge in [0.1, 0.15) is 11.7 Å². The van der Waals surface area contributed by atoms with Gasteiger partial charge >= 0.3 is 5.97 Å². The van der Waals surface area contributed by atoms with Crippen LogP contribution in [-0.4, -0.2) is 47.7 Å². The molecular weight excluding hydrogens is 444 g/mol. The van der Waals surface area contributed by atoms with Crippen LogP contribution in [-0.2, 0) is 20.3 Å². The summed E-state index contributed by atoms with van der Waals surface area (Å²) in [4.78, 5) is 17.8. The number of carbonyl (C=O) groups excluding carboxylic acids is 1. The van der Waals surface area contributed by atoms with Crippen LogP contribution in [0.3, 0.4) is 0 Å². The second-order valence-corrected chi connectivity index (χ2v) is 13.0. The van der Waals surface area contributed by atoms with Crippen molar-refractivity contribution < 1.29 is 24.5 Å². The fraction of sp³-hybridized carbons (Fsp3) is 0.640. The van der Waals surface area contributed by atoms with Crippen molar-refractivity contribution in [2.75, 3.05) is 19.8 Å². The van der Waals surface area contributed by atoms with Crippen molar-refractivity contribution in [2.24, 2.45) is 0 Å². The summed E-state index contributed by atoms with van der Waals surface area (Å²) >= 11 is 3.43. The third-order valence-electron chi connectivity index (χ3n) is 4.96. The highest BCUT2D eigenvalue weighted by atomic mass is 32.1. The van der Waals surface area contributed by atoms with Crippen molar-refractivity contribution in [1.82, 2.24) is 0 Å². The van der Waals surface area contributed by atoms with Crippen molar-refractivity contribution in [1.29, 1.82) is 0 Å². The van der Waals surface area contributed by atoms with E-state index in [-0.39, 0.29) is 30.0 Å². The predicted octanol–water partition coefficient (Wildman–Crippen LogP) is 5.77. The average Bonchev–Trinajstić information content (AvgIpc) is 3.30. The van der Waals surface area contributed by atoms with Gasteiger partial charge in [0.25, 0.3) is 0 Å². The molecule has 0 bridgehead atoms. The Balaban J connectivity index is 2.20. The molecule has 0 aliphatic carbocycles. The molecule has 1 atom stereocenters. The topological polar surface area (TPSA) is 76.0 Å². The van der Waals surface area contributed by atoms with Gasteiger partial charge in [0.05, 0.1) is 25.4 Å². The summed E-state index contributed by atoms with van der Waals surface area (Å²) < 4.78 is 11.3. The van der Waals surface area contributed by atoms with Gasteiger partial charge in [0, 0.05) is 25.9 Å². The number of aliphatic hydroxyl groups is 2. The molecule has 0 radical (unpaired) electrons. The lowest BCUT2D eigenvalue weighted by Crippen LogP contribution is -2.31. The highest BCUT2D eigenvalue weighted by molar-refractivity contribution is 7.22. The van der Waals surface area contributed by atoms with Crippen LogP contribution in [0.2, 0.25) is 0 Å². The highest BCUT2D eigenvalue weighted by Gasteiger charge is 2.31. The fourth-order valence-corrected chi connectivity index (χ4v) is 5.39. The van der Waals surface area contributed by atoms with E-state index in [1.54, 1.807) is 22.7 Å². The zero-order chi connectivity index (χ0) is 24.3. The van der Waals surface area contributed by atoms with E-state index in [9.17, 15) is 9.90 Å². The minimum absolute atomic E-state index is 0.0555. The molecule has 0 aromatic carbocycles. The minimum Gasteiger partial charge on any atom is -0.456 e. The Morgan fingerprint density at radius 2 is 1.66 bits per heavy atom. The Bertz CT molecular complexity index is 896. The molecule has 2 heterocycles. The zero-order valence-corrected chi connectivity index (χ0v) is 22.2.